The number of Topliss-reactive ketones (excluding diaryl/α,β-unsaturated/α-hetero) is 1. The van der Waals surface area contributed by atoms with Gasteiger partial charge in [0.1, 0.15) is 5.58 Å². The Morgan fingerprint density at radius 3 is 2.68 bits per heavy atom. The lowest BCUT2D eigenvalue weighted by atomic mass is 9.84. The second-order valence-electron chi connectivity index (χ2n) is 5.89. The fourth-order valence-corrected chi connectivity index (χ4v) is 1.94. The summed E-state index contributed by atoms with van der Waals surface area (Å²) in [6.45, 7) is 6.05. The van der Waals surface area contributed by atoms with Crippen LogP contribution >= 0.6 is 11.6 Å². The van der Waals surface area contributed by atoms with Crippen LogP contribution in [0.15, 0.2) is 28.7 Å². The molecule has 2 aromatic rings. The molecule has 0 radical (unpaired) electrons. The summed E-state index contributed by atoms with van der Waals surface area (Å²) >= 11 is 5.91. The zero-order valence-corrected chi connectivity index (χ0v) is 12.1. The number of furan rings is 1. The van der Waals surface area contributed by atoms with Crippen LogP contribution in [0.5, 0.6) is 0 Å². The highest BCUT2D eigenvalue weighted by Crippen LogP contribution is 2.26. The van der Waals surface area contributed by atoms with Crippen LogP contribution in [-0.2, 0) is 0 Å². The van der Waals surface area contributed by atoms with Gasteiger partial charge in [0.05, 0.1) is 0 Å². The molecule has 1 aromatic heterocycles. The van der Waals surface area contributed by atoms with E-state index in [-0.39, 0.29) is 23.7 Å². The third-order valence-electron chi connectivity index (χ3n) is 3.27. The SMILES string of the molecule is CC(C)(C)C(N)CC(=O)c1cc2cc(Cl)ccc2o1. The van der Waals surface area contributed by atoms with Gasteiger partial charge < -0.3 is 10.2 Å². The highest BCUT2D eigenvalue weighted by atomic mass is 35.5. The fourth-order valence-electron chi connectivity index (χ4n) is 1.76. The fraction of sp³-hybridized carbons (Fsp3) is 0.400. The molecule has 1 atom stereocenters. The topological polar surface area (TPSA) is 56.2 Å². The number of halogens is 1. The molecule has 1 heterocycles. The first kappa shape index (κ1) is 14.1. The molecule has 2 N–H and O–H groups in total. The number of nitrogens with two attached hydrogens (primary N) is 1. The predicted octanol–water partition coefficient (Wildman–Crippen LogP) is 4.03. The van der Waals surface area contributed by atoms with Crippen molar-refractivity contribution in [2.75, 3.05) is 0 Å². The molecule has 0 aliphatic carbocycles. The van der Waals surface area contributed by atoms with Crippen molar-refractivity contribution in [2.45, 2.75) is 33.2 Å². The van der Waals surface area contributed by atoms with Gasteiger partial charge in [-0.25, -0.2) is 0 Å². The third-order valence-corrected chi connectivity index (χ3v) is 3.51. The predicted molar refractivity (Wildman–Crippen MR) is 77.6 cm³/mol. The molecule has 19 heavy (non-hydrogen) atoms. The van der Waals surface area contributed by atoms with Crippen LogP contribution < -0.4 is 5.73 Å². The van der Waals surface area contributed by atoms with E-state index < -0.39 is 0 Å². The molecule has 102 valence electrons. The van der Waals surface area contributed by atoms with Gasteiger partial charge in [-0.15, -0.1) is 0 Å². The minimum absolute atomic E-state index is 0.0743. The lowest BCUT2D eigenvalue weighted by Crippen LogP contribution is -2.36. The third kappa shape index (κ3) is 3.17. The van der Waals surface area contributed by atoms with Gasteiger partial charge in [0.2, 0.25) is 0 Å². The van der Waals surface area contributed by atoms with Crippen LogP contribution in [-0.4, -0.2) is 11.8 Å². The summed E-state index contributed by atoms with van der Waals surface area (Å²) in [6.07, 6.45) is 0.275. The Kier molecular flexibility index (Phi) is 3.70. The summed E-state index contributed by atoms with van der Waals surface area (Å²) in [5.74, 6) is 0.270. The number of hydrogen-bond acceptors (Lipinski definition) is 3. The summed E-state index contributed by atoms with van der Waals surface area (Å²) in [6, 6.07) is 6.80. The van der Waals surface area contributed by atoms with Crippen LogP contribution in [0.25, 0.3) is 11.0 Å². The van der Waals surface area contributed by atoms with E-state index in [9.17, 15) is 4.79 Å². The van der Waals surface area contributed by atoms with Gasteiger partial charge in [-0.3, -0.25) is 4.79 Å². The van der Waals surface area contributed by atoms with Gasteiger partial charge in [-0.1, -0.05) is 32.4 Å². The van der Waals surface area contributed by atoms with Crippen molar-refractivity contribution >= 4 is 28.4 Å². The minimum Gasteiger partial charge on any atom is -0.453 e. The van der Waals surface area contributed by atoms with Crippen LogP contribution in [0.3, 0.4) is 0 Å². The molecule has 0 aliphatic heterocycles. The summed E-state index contributed by atoms with van der Waals surface area (Å²) in [4.78, 5) is 12.1. The van der Waals surface area contributed by atoms with E-state index in [4.69, 9.17) is 21.8 Å². The summed E-state index contributed by atoms with van der Waals surface area (Å²) in [5.41, 5.74) is 6.58. The number of benzene rings is 1. The number of ketones is 1. The molecule has 0 saturated heterocycles. The highest BCUT2D eigenvalue weighted by Gasteiger charge is 2.25. The van der Waals surface area contributed by atoms with E-state index in [2.05, 4.69) is 0 Å². The molecule has 0 amide bonds. The van der Waals surface area contributed by atoms with E-state index in [1.165, 1.54) is 0 Å². The van der Waals surface area contributed by atoms with Crippen molar-refractivity contribution < 1.29 is 9.21 Å². The van der Waals surface area contributed by atoms with Crippen LogP contribution in [0.4, 0.5) is 0 Å². The first-order valence-electron chi connectivity index (χ1n) is 6.25. The van der Waals surface area contributed by atoms with Crippen LogP contribution in [0.1, 0.15) is 37.7 Å². The zero-order chi connectivity index (χ0) is 14.2. The first-order chi connectivity index (χ1) is 8.77. The van der Waals surface area contributed by atoms with Gasteiger partial charge in [0, 0.05) is 22.9 Å². The Hall–Kier alpha value is -1.32. The van der Waals surface area contributed by atoms with Gasteiger partial charge in [-0.2, -0.15) is 0 Å². The molecular weight excluding hydrogens is 262 g/mol. The van der Waals surface area contributed by atoms with E-state index in [1.807, 2.05) is 20.8 Å². The number of hydrogen-bond donors (Lipinski definition) is 1. The largest absolute Gasteiger partial charge is 0.453 e. The maximum atomic E-state index is 12.1. The van der Waals surface area contributed by atoms with Gasteiger partial charge in [0.15, 0.2) is 11.5 Å². The Balaban J connectivity index is 2.22. The molecule has 3 nitrogen and oxygen atoms in total. The Morgan fingerprint density at radius 1 is 1.37 bits per heavy atom. The Morgan fingerprint density at radius 2 is 2.05 bits per heavy atom. The Labute approximate surface area is 117 Å². The summed E-state index contributed by atoms with van der Waals surface area (Å²) in [5, 5.41) is 1.46. The normalized spacial score (nSPS) is 13.7. The van der Waals surface area contributed by atoms with E-state index in [0.717, 1.165) is 5.39 Å². The van der Waals surface area contributed by atoms with E-state index in [1.54, 1.807) is 24.3 Å². The van der Waals surface area contributed by atoms with Crippen molar-refractivity contribution in [3.63, 3.8) is 0 Å². The molecule has 0 aliphatic rings. The zero-order valence-electron chi connectivity index (χ0n) is 11.4. The van der Waals surface area contributed by atoms with Crippen molar-refractivity contribution in [1.29, 1.82) is 0 Å². The molecule has 0 fully saturated rings. The molecule has 1 aromatic carbocycles. The maximum Gasteiger partial charge on any atom is 0.199 e. The van der Waals surface area contributed by atoms with Crippen LogP contribution in [0.2, 0.25) is 5.02 Å². The average molecular weight is 280 g/mol. The number of rotatable bonds is 3. The lowest BCUT2D eigenvalue weighted by Gasteiger charge is -2.25. The maximum absolute atomic E-state index is 12.1. The van der Waals surface area contributed by atoms with Gasteiger partial charge in [0.25, 0.3) is 0 Å². The molecule has 0 bridgehead atoms. The highest BCUT2D eigenvalue weighted by molar-refractivity contribution is 6.31. The van der Waals surface area contributed by atoms with E-state index in [0.29, 0.717) is 16.4 Å². The molecule has 0 spiro atoms. The Bertz CT molecular complexity index is 610. The average Bonchev–Trinajstić information content (AvgIpc) is 2.70. The number of carbonyl (C=O) groups excluding carboxylic acids is 1. The molecule has 4 heteroatoms. The molecule has 0 saturated carbocycles. The first-order valence-corrected chi connectivity index (χ1v) is 6.63. The summed E-state index contributed by atoms with van der Waals surface area (Å²) in [7, 11) is 0. The standard InChI is InChI=1S/C15H18ClNO2/c1-15(2,3)14(17)8-11(18)13-7-9-6-10(16)4-5-12(9)19-13/h4-7,14H,8,17H2,1-3H3. The number of fused-ring (bicyclic) bond motifs is 1. The van der Waals surface area contributed by atoms with Crippen molar-refractivity contribution in [3.05, 3.63) is 35.0 Å². The van der Waals surface area contributed by atoms with Crippen molar-refractivity contribution in [2.24, 2.45) is 11.1 Å². The monoisotopic (exact) mass is 279 g/mol. The van der Waals surface area contributed by atoms with Gasteiger partial charge >= 0.3 is 0 Å². The van der Waals surface area contributed by atoms with Crippen LogP contribution in [0, 0.1) is 5.41 Å². The molecule has 2 rings (SSSR count). The minimum atomic E-state index is -0.197. The lowest BCUT2D eigenvalue weighted by molar-refractivity contribution is 0.0928. The second-order valence-corrected chi connectivity index (χ2v) is 6.33. The quantitative estimate of drug-likeness (QED) is 0.863. The van der Waals surface area contributed by atoms with Gasteiger partial charge in [-0.05, 0) is 29.7 Å². The van der Waals surface area contributed by atoms with Crippen molar-refractivity contribution in [1.82, 2.24) is 0 Å². The van der Waals surface area contributed by atoms with Crippen molar-refractivity contribution in [3.8, 4) is 0 Å². The molecule has 1 unspecified atom stereocenters. The number of carbonyl (C=O) groups is 1. The molecular formula is C15H18ClNO2. The summed E-state index contributed by atoms with van der Waals surface area (Å²) < 4.78 is 5.53. The smallest absolute Gasteiger partial charge is 0.199 e. The second kappa shape index (κ2) is 4.99. The van der Waals surface area contributed by atoms with E-state index >= 15 is 0 Å².